The maximum Gasteiger partial charge on any atom is 0.251 e. The lowest BCUT2D eigenvalue weighted by atomic mass is 9.97. The fourth-order valence-electron chi connectivity index (χ4n) is 2.90. The predicted octanol–water partition coefficient (Wildman–Crippen LogP) is 2.90. The predicted molar refractivity (Wildman–Crippen MR) is 113 cm³/mol. The Hall–Kier alpha value is -3.15. The summed E-state index contributed by atoms with van der Waals surface area (Å²) >= 11 is 0. The van der Waals surface area contributed by atoms with Crippen molar-refractivity contribution in [3.63, 3.8) is 0 Å². The molecule has 3 N–H and O–H groups in total. The number of amides is 3. The van der Waals surface area contributed by atoms with E-state index in [4.69, 9.17) is 0 Å². The molecule has 2 unspecified atom stereocenters. The summed E-state index contributed by atoms with van der Waals surface area (Å²) in [4.78, 5) is 37.3. The van der Waals surface area contributed by atoms with Crippen molar-refractivity contribution in [2.24, 2.45) is 5.92 Å². The Bertz CT molecular complexity index is 836. The summed E-state index contributed by atoms with van der Waals surface area (Å²) in [6, 6.07) is 15.3. The van der Waals surface area contributed by atoms with Crippen LogP contribution in [0.25, 0.3) is 0 Å². The third-order valence-corrected chi connectivity index (χ3v) is 4.81. The summed E-state index contributed by atoms with van der Waals surface area (Å²) in [7, 11) is 0. The monoisotopic (exact) mass is 395 g/mol. The standard InChI is InChI=1S/C23H29N3O3/c1-4-16(3)20(26-22(28)18-11-7-6-8-12-18)23(29)25-15-17-10-9-13-19(14-17)21(27)24-5-2/h6-14,16,20H,4-5,15H2,1-3H3,(H,24,27)(H,25,29)(H,26,28). The van der Waals surface area contributed by atoms with Crippen molar-refractivity contribution >= 4 is 17.7 Å². The zero-order valence-electron chi connectivity index (χ0n) is 17.2. The van der Waals surface area contributed by atoms with E-state index in [9.17, 15) is 14.4 Å². The molecule has 6 nitrogen and oxygen atoms in total. The molecule has 0 aromatic heterocycles. The van der Waals surface area contributed by atoms with Crippen molar-refractivity contribution in [1.29, 1.82) is 0 Å². The van der Waals surface area contributed by atoms with Crippen molar-refractivity contribution in [1.82, 2.24) is 16.0 Å². The quantitative estimate of drug-likeness (QED) is 0.610. The number of carbonyl (C=O) groups excluding carboxylic acids is 3. The zero-order valence-corrected chi connectivity index (χ0v) is 17.2. The first-order valence-electron chi connectivity index (χ1n) is 9.97. The third-order valence-electron chi connectivity index (χ3n) is 4.81. The van der Waals surface area contributed by atoms with E-state index in [0.29, 0.717) is 17.7 Å². The molecule has 29 heavy (non-hydrogen) atoms. The highest BCUT2D eigenvalue weighted by molar-refractivity contribution is 5.97. The molecule has 0 heterocycles. The summed E-state index contributed by atoms with van der Waals surface area (Å²) in [5, 5.41) is 8.49. The van der Waals surface area contributed by atoms with Gasteiger partial charge >= 0.3 is 0 Å². The van der Waals surface area contributed by atoms with Gasteiger partial charge in [0.15, 0.2) is 0 Å². The van der Waals surface area contributed by atoms with Crippen LogP contribution in [0.1, 0.15) is 53.5 Å². The lowest BCUT2D eigenvalue weighted by molar-refractivity contribution is -0.124. The second-order valence-electron chi connectivity index (χ2n) is 6.98. The number of hydrogen-bond acceptors (Lipinski definition) is 3. The van der Waals surface area contributed by atoms with Crippen LogP contribution >= 0.6 is 0 Å². The second-order valence-corrected chi connectivity index (χ2v) is 6.98. The topological polar surface area (TPSA) is 87.3 Å². The minimum Gasteiger partial charge on any atom is -0.352 e. The Morgan fingerprint density at radius 2 is 1.55 bits per heavy atom. The highest BCUT2D eigenvalue weighted by Gasteiger charge is 2.26. The molecule has 3 amide bonds. The van der Waals surface area contributed by atoms with Gasteiger partial charge in [-0.15, -0.1) is 0 Å². The Labute approximate surface area is 172 Å². The Morgan fingerprint density at radius 3 is 2.21 bits per heavy atom. The summed E-state index contributed by atoms with van der Waals surface area (Å²) in [6.07, 6.45) is 0.750. The SMILES string of the molecule is CCNC(=O)c1cccc(CNC(=O)C(NC(=O)c2ccccc2)C(C)CC)c1. The zero-order chi connectivity index (χ0) is 21.2. The summed E-state index contributed by atoms with van der Waals surface area (Å²) in [5.41, 5.74) is 1.89. The van der Waals surface area contributed by atoms with E-state index in [-0.39, 0.29) is 30.2 Å². The molecule has 154 valence electrons. The Balaban J connectivity index is 2.04. The molecule has 2 aromatic carbocycles. The fourth-order valence-corrected chi connectivity index (χ4v) is 2.90. The molecular formula is C23H29N3O3. The van der Waals surface area contributed by atoms with Crippen molar-refractivity contribution in [3.8, 4) is 0 Å². The smallest absolute Gasteiger partial charge is 0.251 e. The molecule has 6 heteroatoms. The van der Waals surface area contributed by atoms with Gasteiger partial charge in [-0.3, -0.25) is 14.4 Å². The molecule has 0 fully saturated rings. The van der Waals surface area contributed by atoms with Gasteiger partial charge in [0.05, 0.1) is 0 Å². The number of nitrogens with one attached hydrogen (secondary N) is 3. The highest BCUT2D eigenvalue weighted by Crippen LogP contribution is 2.11. The van der Waals surface area contributed by atoms with Crippen molar-refractivity contribution < 1.29 is 14.4 Å². The van der Waals surface area contributed by atoms with E-state index in [0.717, 1.165) is 12.0 Å². The molecule has 0 bridgehead atoms. The van der Waals surface area contributed by atoms with Crippen LogP contribution < -0.4 is 16.0 Å². The first-order valence-corrected chi connectivity index (χ1v) is 9.97. The second kappa shape index (κ2) is 11.0. The van der Waals surface area contributed by atoms with Crippen molar-refractivity contribution in [2.45, 2.75) is 39.8 Å². The lowest BCUT2D eigenvalue weighted by Crippen LogP contribution is -2.50. The first-order chi connectivity index (χ1) is 14.0. The van der Waals surface area contributed by atoms with Crippen LogP contribution in [0.15, 0.2) is 54.6 Å². The average Bonchev–Trinajstić information content (AvgIpc) is 2.76. The summed E-state index contributed by atoms with van der Waals surface area (Å²) in [5.74, 6) is -0.686. The maximum atomic E-state index is 12.8. The lowest BCUT2D eigenvalue weighted by Gasteiger charge is -2.23. The van der Waals surface area contributed by atoms with Gasteiger partial charge in [0, 0.05) is 24.2 Å². The normalized spacial score (nSPS) is 12.5. The highest BCUT2D eigenvalue weighted by atomic mass is 16.2. The molecule has 2 atom stereocenters. The largest absolute Gasteiger partial charge is 0.352 e. The number of benzene rings is 2. The van der Waals surface area contributed by atoms with Gasteiger partial charge in [0.2, 0.25) is 5.91 Å². The van der Waals surface area contributed by atoms with Crippen LogP contribution in [0, 0.1) is 5.92 Å². The van der Waals surface area contributed by atoms with Crippen molar-refractivity contribution in [3.05, 3.63) is 71.3 Å². The molecule has 0 radical (unpaired) electrons. The van der Waals surface area contributed by atoms with Gasteiger partial charge in [-0.1, -0.05) is 50.6 Å². The van der Waals surface area contributed by atoms with Crippen LogP contribution in [-0.2, 0) is 11.3 Å². The van der Waals surface area contributed by atoms with Gasteiger partial charge in [-0.05, 0) is 42.7 Å². The maximum absolute atomic E-state index is 12.8. The number of hydrogen-bond donors (Lipinski definition) is 3. The summed E-state index contributed by atoms with van der Waals surface area (Å²) < 4.78 is 0. The van der Waals surface area contributed by atoms with Gasteiger partial charge < -0.3 is 16.0 Å². The molecular weight excluding hydrogens is 366 g/mol. The van der Waals surface area contributed by atoms with E-state index in [1.165, 1.54) is 0 Å². The number of rotatable bonds is 9. The molecule has 0 saturated heterocycles. The van der Waals surface area contributed by atoms with Crippen LogP contribution in [0.5, 0.6) is 0 Å². The van der Waals surface area contributed by atoms with Gasteiger partial charge in [0.1, 0.15) is 6.04 Å². The van der Waals surface area contributed by atoms with E-state index >= 15 is 0 Å². The number of carbonyl (C=O) groups is 3. The van der Waals surface area contributed by atoms with Crippen LogP contribution in [-0.4, -0.2) is 30.3 Å². The summed E-state index contributed by atoms with van der Waals surface area (Å²) in [6.45, 7) is 6.61. The minimum atomic E-state index is -0.640. The van der Waals surface area contributed by atoms with Gasteiger partial charge in [0.25, 0.3) is 11.8 Å². The van der Waals surface area contributed by atoms with Crippen LogP contribution in [0.2, 0.25) is 0 Å². The molecule has 0 saturated carbocycles. The van der Waals surface area contributed by atoms with E-state index < -0.39 is 6.04 Å². The molecule has 0 aliphatic carbocycles. The van der Waals surface area contributed by atoms with Gasteiger partial charge in [-0.2, -0.15) is 0 Å². The molecule has 2 aromatic rings. The molecule has 2 rings (SSSR count). The Morgan fingerprint density at radius 1 is 0.862 bits per heavy atom. The Kier molecular flexibility index (Phi) is 8.40. The van der Waals surface area contributed by atoms with Gasteiger partial charge in [-0.25, -0.2) is 0 Å². The third kappa shape index (κ3) is 6.45. The average molecular weight is 396 g/mol. The first kappa shape index (κ1) is 22.1. The van der Waals surface area contributed by atoms with E-state index in [1.807, 2.05) is 32.9 Å². The van der Waals surface area contributed by atoms with Crippen molar-refractivity contribution in [2.75, 3.05) is 6.54 Å². The molecule has 0 aliphatic rings. The van der Waals surface area contributed by atoms with E-state index in [2.05, 4.69) is 16.0 Å². The van der Waals surface area contributed by atoms with Crippen LogP contribution in [0.4, 0.5) is 0 Å². The molecule has 0 spiro atoms. The van der Waals surface area contributed by atoms with E-state index in [1.54, 1.807) is 42.5 Å². The fraction of sp³-hybridized carbons (Fsp3) is 0.348. The molecule has 0 aliphatic heterocycles. The van der Waals surface area contributed by atoms with Crippen LogP contribution in [0.3, 0.4) is 0 Å². The minimum absolute atomic E-state index is 0.0238.